The van der Waals surface area contributed by atoms with E-state index in [1.54, 1.807) is 48.9 Å². The van der Waals surface area contributed by atoms with E-state index in [-0.39, 0.29) is 34.8 Å². The highest BCUT2D eigenvalue weighted by atomic mass is 79.9. The predicted molar refractivity (Wildman–Crippen MR) is 203 cm³/mol. The Morgan fingerprint density at radius 2 is 1.47 bits per heavy atom. The van der Waals surface area contributed by atoms with Gasteiger partial charge >= 0.3 is 0 Å². The summed E-state index contributed by atoms with van der Waals surface area (Å²) < 4.78 is 49.1. The van der Waals surface area contributed by atoms with Crippen LogP contribution in [0, 0.1) is 11.6 Å². The third-order valence-corrected chi connectivity index (χ3v) is 10.0. The van der Waals surface area contributed by atoms with Crippen molar-refractivity contribution in [3.8, 4) is 22.9 Å². The summed E-state index contributed by atoms with van der Waals surface area (Å²) in [6, 6.07) is 13.5. The molecule has 0 N–H and O–H groups in total. The maximum absolute atomic E-state index is 14.2. The maximum Gasteiger partial charge on any atom is 0.263 e. The third kappa shape index (κ3) is 11.0. The van der Waals surface area contributed by atoms with Gasteiger partial charge < -0.3 is 45.1 Å². The summed E-state index contributed by atoms with van der Waals surface area (Å²) in [5.74, 6) is -0.617. The van der Waals surface area contributed by atoms with Gasteiger partial charge in [-0.25, -0.2) is 8.78 Å². The van der Waals surface area contributed by atoms with Crippen LogP contribution in [0.15, 0.2) is 65.6 Å². The normalized spacial score (nSPS) is 13.7. The van der Waals surface area contributed by atoms with Crippen molar-refractivity contribution in [2.24, 2.45) is 0 Å². The number of halogens is 3. The smallest absolute Gasteiger partial charge is 0.263 e. The molecule has 1 saturated heterocycles. The van der Waals surface area contributed by atoms with Gasteiger partial charge in [-0.3, -0.25) is 9.59 Å². The first-order chi connectivity index (χ1) is 25.1. The number of likely N-dealkylation sites (tertiary alicyclic amines) is 1. The molecule has 1 fully saturated rings. The van der Waals surface area contributed by atoms with Gasteiger partial charge in [0.1, 0.15) is 34.4 Å². The molecular weight excluding hydrogens is 744 g/mol. The Morgan fingerprint density at radius 3 is 2.15 bits per heavy atom. The number of aromatic nitrogens is 1. The summed E-state index contributed by atoms with van der Waals surface area (Å²) >= 11 is 0. The molecule has 0 atom stereocenters. The van der Waals surface area contributed by atoms with Crippen molar-refractivity contribution >= 4 is 22.5 Å². The Morgan fingerprint density at radius 1 is 0.811 bits per heavy atom. The second-order valence-corrected chi connectivity index (χ2v) is 14.1. The van der Waals surface area contributed by atoms with E-state index in [4.69, 9.17) is 14.2 Å². The van der Waals surface area contributed by atoms with Crippen LogP contribution in [0.3, 0.4) is 0 Å². The van der Waals surface area contributed by atoms with Crippen LogP contribution in [0.1, 0.15) is 88.4 Å². The highest BCUT2D eigenvalue weighted by Gasteiger charge is 2.25. The van der Waals surface area contributed by atoms with Crippen LogP contribution in [-0.2, 0) is 0 Å². The fraction of sp³-hybridized carbons (Fsp3) is 0.476. The van der Waals surface area contributed by atoms with Crippen molar-refractivity contribution in [3.63, 3.8) is 0 Å². The van der Waals surface area contributed by atoms with E-state index in [0.29, 0.717) is 47.1 Å². The number of rotatable bonds is 18. The van der Waals surface area contributed by atoms with Gasteiger partial charge in [0.15, 0.2) is 0 Å². The molecule has 0 saturated carbocycles. The minimum absolute atomic E-state index is 0. The number of ether oxygens (including phenoxy) is 3. The molecule has 0 bridgehead atoms. The number of nitrogens with zero attached hydrogens (tertiary/aromatic N) is 3. The summed E-state index contributed by atoms with van der Waals surface area (Å²) in [4.78, 5) is 29.2. The van der Waals surface area contributed by atoms with Crippen LogP contribution < -0.4 is 41.5 Å². The molecule has 3 aromatic carbocycles. The maximum atomic E-state index is 14.2. The number of amides is 1. The molecule has 288 valence electrons. The molecule has 1 aromatic heterocycles. The van der Waals surface area contributed by atoms with Gasteiger partial charge in [0.2, 0.25) is 5.43 Å². The number of piperidine rings is 1. The lowest BCUT2D eigenvalue weighted by atomic mass is 10.1. The number of methoxy groups -OCH3 is 1. The van der Waals surface area contributed by atoms with E-state index in [0.717, 1.165) is 37.5 Å². The second-order valence-electron chi connectivity index (χ2n) is 14.1. The Hall–Kier alpha value is -3.96. The lowest BCUT2D eigenvalue weighted by molar-refractivity contribution is -0.914. The number of anilines is 1. The number of unbranched alkanes of at least 4 members (excludes halogenated alkanes) is 5. The molecule has 1 aliphatic heterocycles. The summed E-state index contributed by atoms with van der Waals surface area (Å²) in [6.07, 6.45) is 13.4. The Kier molecular flexibility index (Phi) is 15.7. The molecule has 53 heavy (non-hydrogen) atoms. The summed E-state index contributed by atoms with van der Waals surface area (Å²) in [7, 11) is 3.97. The van der Waals surface area contributed by atoms with Gasteiger partial charge in [-0.1, -0.05) is 26.2 Å². The van der Waals surface area contributed by atoms with Crippen LogP contribution in [-0.4, -0.2) is 68.5 Å². The van der Waals surface area contributed by atoms with Crippen molar-refractivity contribution in [2.75, 3.05) is 58.5 Å². The molecular formula is C42H54BrF2N3O5. The number of fused-ring (bicyclic) bond motifs is 1. The zero-order valence-corrected chi connectivity index (χ0v) is 33.2. The topological polar surface area (TPSA) is 70.0 Å². The standard InChI is InChI=1S/C42H54F2N3O5.BrH/c1-5-21-51-37-27-34(26-36(28-37)50-4)46-30-39(42(49)45(6-2)33-24-31(43)23-32(44)25-33)41(48)38-17-16-35(29-40(38)46)52-22-15-10-8-7-9-12-18-47(3)19-13-11-14-20-47;/h16-17,23-30H,5-15,18-22H2,1-4H3;1H/q+1;/p-1. The van der Waals surface area contributed by atoms with Crippen LogP contribution in [0.2, 0.25) is 0 Å². The number of hydrogen-bond acceptors (Lipinski definition) is 5. The molecule has 0 unspecified atom stereocenters. The minimum Gasteiger partial charge on any atom is -1.00 e. The summed E-state index contributed by atoms with van der Waals surface area (Å²) in [5, 5.41) is 0.291. The Bertz CT molecular complexity index is 1860. The molecule has 1 amide bonds. The molecule has 1 aliphatic rings. The zero-order valence-electron chi connectivity index (χ0n) is 31.6. The molecule has 0 radical (unpaired) electrons. The average molecular weight is 799 g/mol. The fourth-order valence-electron chi connectivity index (χ4n) is 7.15. The minimum atomic E-state index is -0.820. The molecule has 0 spiro atoms. The van der Waals surface area contributed by atoms with Gasteiger partial charge in [0.25, 0.3) is 5.91 Å². The first-order valence-electron chi connectivity index (χ1n) is 18.9. The van der Waals surface area contributed by atoms with Crippen molar-refractivity contribution in [3.05, 3.63) is 88.2 Å². The summed E-state index contributed by atoms with van der Waals surface area (Å²) in [5.41, 5.74) is 0.485. The molecule has 2 heterocycles. The molecule has 0 aliphatic carbocycles. The van der Waals surface area contributed by atoms with Crippen LogP contribution in [0.5, 0.6) is 17.2 Å². The number of quaternary nitrogens is 1. The number of carbonyl (C=O) groups is 1. The predicted octanol–water partition coefficient (Wildman–Crippen LogP) is 6.09. The monoisotopic (exact) mass is 797 g/mol. The van der Waals surface area contributed by atoms with E-state index in [1.165, 1.54) is 80.2 Å². The van der Waals surface area contributed by atoms with Gasteiger partial charge in [-0.05, 0) is 76.1 Å². The number of hydrogen-bond donors (Lipinski definition) is 0. The Labute approximate surface area is 323 Å². The molecule has 5 rings (SSSR count). The lowest BCUT2D eigenvalue weighted by Gasteiger charge is -2.37. The third-order valence-electron chi connectivity index (χ3n) is 10.0. The van der Waals surface area contributed by atoms with Crippen molar-refractivity contribution < 1.29 is 49.3 Å². The largest absolute Gasteiger partial charge is 1.00 e. The molecule has 4 aromatic rings. The highest BCUT2D eigenvalue weighted by molar-refractivity contribution is 6.07. The van der Waals surface area contributed by atoms with Crippen LogP contribution in [0.25, 0.3) is 16.6 Å². The Balaban J connectivity index is 0.00000627. The highest BCUT2D eigenvalue weighted by Crippen LogP contribution is 2.30. The first-order valence-corrected chi connectivity index (χ1v) is 18.9. The van der Waals surface area contributed by atoms with E-state index in [2.05, 4.69) is 7.05 Å². The number of carbonyl (C=O) groups excluding carboxylic acids is 1. The SMILES string of the molecule is CCCOc1cc(OC)cc(-n2cc(C(=O)N(CC)c3cc(F)cc(F)c3)c(=O)c3ccc(OCCCCCCCC[N+]4(C)CCCCC4)cc32)c1.[Br-]. The first kappa shape index (κ1) is 41.8. The van der Waals surface area contributed by atoms with Gasteiger partial charge in [-0.15, -0.1) is 0 Å². The quantitative estimate of drug-likeness (QED) is 0.0902. The van der Waals surface area contributed by atoms with Crippen LogP contribution >= 0.6 is 0 Å². The van der Waals surface area contributed by atoms with E-state index < -0.39 is 23.0 Å². The lowest BCUT2D eigenvalue weighted by Crippen LogP contribution is -3.00. The summed E-state index contributed by atoms with van der Waals surface area (Å²) in [6.45, 7) is 8.76. The van der Waals surface area contributed by atoms with Gasteiger partial charge in [-0.2, -0.15) is 0 Å². The van der Waals surface area contributed by atoms with E-state index in [9.17, 15) is 18.4 Å². The zero-order chi connectivity index (χ0) is 37.1. The van der Waals surface area contributed by atoms with Crippen molar-refractivity contribution in [1.82, 2.24) is 4.57 Å². The number of pyridine rings is 1. The molecule has 11 heteroatoms. The average Bonchev–Trinajstić information content (AvgIpc) is 3.13. The van der Waals surface area contributed by atoms with Crippen molar-refractivity contribution in [1.29, 1.82) is 0 Å². The van der Waals surface area contributed by atoms with Gasteiger partial charge in [0.05, 0.1) is 58.2 Å². The molecule has 8 nitrogen and oxygen atoms in total. The van der Waals surface area contributed by atoms with E-state index >= 15 is 0 Å². The van der Waals surface area contributed by atoms with Crippen molar-refractivity contribution in [2.45, 2.75) is 78.1 Å². The van der Waals surface area contributed by atoms with E-state index in [1.807, 2.05) is 13.0 Å². The van der Waals surface area contributed by atoms with Gasteiger partial charge in [0, 0.05) is 54.1 Å². The number of benzene rings is 3. The second kappa shape index (κ2) is 19.9. The van der Waals surface area contributed by atoms with Crippen LogP contribution in [0.4, 0.5) is 14.5 Å². The fourth-order valence-corrected chi connectivity index (χ4v) is 7.15.